The van der Waals surface area contributed by atoms with E-state index >= 15 is 0 Å². The van der Waals surface area contributed by atoms with Crippen LogP contribution in [-0.4, -0.2) is 15.5 Å². The van der Waals surface area contributed by atoms with E-state index in [0.29, 0.717) is 5.69 Å². The van der Waals surface area contributed by atoms with Gasteiger partial charge in [0.2, 0.25) is 0 Å². The van der Waals surface area contributed by atoms with Crippen LogP contribution in [0.15, 0.2) is 41.3 Å². The monoisotopic (exact) mass is 304 g/mol. The van der Waals surface area contributed by atoms with Gasteiger partial charge in [0.05, 0.1) is 11.4 Å². The van der Waals surface area contributed by atoms with Crippen molar-refractivity contribution in [2.75, 3.05) is 17.1 Å². The number of nitrogens with two attached hydrogens (primary N) is 1. The maximum atomic E-state index is 12.8. The molecule has 0 aromatic heterocycles. The van der Waals surface area contributed by atoms with E-state index in [1.807, 2.05) is 39.0 Å². The van der Waals surface area contributed by atoms with E-state index in [4.69, 9.17) is 5.73 Å². The minimum atomic E-state index is -3.67. The Balaban J connectivity index is 2.54. The van der Waals surface area contributed by atoms with E-state index in [2.05, 4.69) is 0 Å². The highest BCUT2D eigenvalue weighted by molar-refractivity contribution is 7.93. The van der Waals surface area contributed by atoms with Crippen molar-refractivity contribution in [3.8, 4) is 0 Å². The third kappa shape index (κ3) is 2.88. The molecule has 5 heteroatoms. The summed E-state index contributed by atoms with van der Waals surface area (Å²) in [4.78, 5) is 0.148. The van der Waals surface area contributed by atoms with Crippen LogP contribution in [0.25, 0.3) is 0 Å². The maximum Gasteiger partial charge on any atom is 0.266 e. The van der Waals surface area contributed by atoms with Gasteiger partial charge in [-0.25, -0.2) is 8.42 Å². The third-order valence-electron chi connectivity index (χ3n) is 3.63. The first kappa shape index (κ1) is 15.4. The highest BCUT2D eigenvalue weighted by Crippen LogP contribution is 2.28. The van der Waals surface area contributed by atoms with Crippen LogP contribution in [0.3, 0.4) is 0 Å². The number of aryl methyl sites for hydroxylation is 3. The predicted octanol–water partition coefficient (Wildman–Crippen LogP) is 3.02. The summed E-state index contributed by atoms with van der Waals surface area (Å²) >= 11 is 0. The number of hydrogen-bond donors (Lipinski definition) is 1. The highest BCUT2D eigenvalue weighted by Gasteiger charge is 2.24. The molecule has 0 aliphatic rings. The van der Waals surface area contributed by atoms with Gasteiger partial charge < -0.3 is 5.73 Å². The molecule has 0 aliphatic heterocycles. The summed E-state index contributed by atoms with van der Waals surface area (Å²) in [5.41, 5.74) is 9.69. The van der Waals surface area contributed by atoms with Gasteiger partial charge in [0.15, 0.2) is 0 Å². The second-order valence-corrected chi connectivity index (χ2v) is 7.22. The molecule has 0 saturated heterocycles. The fraction of sp³-hybridized carbons (Fsp3) is 0.250. The SMILES string of the molecule is Cc1cccc(N(C)S(=O)(=O)c2cc(C)c(C)cc2N)c1. The van der Waals surface area contributed by atoms with Gasteiger partial charge in [-0.2, -0.15) is 0 Å². The molecule has 2 aromatic rings. The second kappa shape index (κ2) is 5.41. The van der Waals surface area contributed by atoms with Gasteiger partial charge in [0.1, 0.15) is 4.90 Å². The fourth-order valence-electron chi connectivity index (χ4n) is 2.15. The topological polar surface area (TPSA) is 63.4 Å². The Kier molecular flexibility index (Phi) is 3.96. The molecule has 0 aliphatic carbocycles. The summed E-state index contributed by atoms with van der Waals surface area (Å²) in [6.45, 7) is 5.71. The van der Waals surface area contributed by atoms with Gasteiger partial charge in [0, 0.05) is 7.05 Å². The van der Waals surface area contributed by atoms with Crippen LogP contribution in [0.5, 0.6) is 0 Å². The van der Waals surface area contributed by atoms with Crippen molar-refractivity contribution >= 4 is 21.4 Å². The Bertz CT molecular complexity index is 783. The number of benzene rings is 2. The molecule has 0 atom stereocenters. The molecule has 4 nitrogen and oxygen atoms in total. The first-order chi connectivity index (χ1) is 9.73. The molecule has 2 aromatic carbocycles. The highest BCUT2D eigenvalue weighted by atomic mass is 32.2. The molecule has 0 unspecified atom stereocenters. The van der Waals surface area contributed by atoms with Crippen molar-refractivity contribution in [1.82, 2.24) is 0 Å². The van der Waals surface area contributed by atoms with Gasteiger partial charge in [-0.05, 0) is 61.7 Å². The van der Waals surface area contributed by atoms with Gasteiger partial charge >= 0.3 is 0 Å². The Hall–Kier alpha value is -2.01. The quantitative estimate of drug-likeness (QED) is 0.887. The molecule has 112 valence electrons. The van der Waals surface area contributed by atoms with E-state index in [1.54, 1.807) is 25.2 Å². The Labute approximate surface area is 126 Å². The summed E-state index contributed by atoms with van der Waals surface area (Å²) in [7, 11) is -2.13. The largest absolute Gasteiger partial charge is 0.398 e. The van der Waals surface area contributed by atoms with Crippen LogP contribution in [0.1, 0.15) is 16.7 Å². The minimum Gasteiger partial charge on any atom is -0.398 e. The van der Waals surface area contributed by atoms with Crippen molar-refractivity contribution in [3.05, 3.63) is 53.1 Å². The zero-order valence-corrected chi connectivity index (χ0v) is 13.5. The van der Waals surface area contributed by atoms with Crippen LogP contribution in [0, 0.1) is 20.8 Å². The van der Waals surface area contributed by atoms with E-state index < -0.39 is 10.0 Å². The maximum absolute atomic E-state index is 12.8. The summed E-state index contributed by atoms with van der Waals surface area (Å²) in [6.07, 6.45) is 0. The summed E-state index contributed by atoms with van der Waals surface area (Å²) < 4.78 is 26.8. The van der Waals surface area contributed by atoms with Crippen molar-refractivity contribution in [2.24, 2.45) is 0 Å². The molecule has 0 fully saturated rings. The van der Waals surface area contributed by atoms with Crippen LogP contribution in [-0.2, 0) is 10.0 Å². The average molecular weight is 304 g/mol. The average Bonchev–Trinajstić information content (AvgIpc) is 2.41. The van der Waals surface area contributed by atoms with Crippen molar-refractivity contribution in [2.45, 2.75) is 25.7 Å². The molecule has 2 N–H and O–H groups in total. The first-order valence-electron chi connectivity index (χ1n) is 6.66. The molecule has 21 heavy (non-hydrogen) atoms. The van der Waals surface area contributed by atoms with E-state index in [0.717, 1.165) is 16.7 Å². The summed E-state index contributed by atoms with van der Waals surface area (Å²) in [5.74, 6) is 0. The summed E-state index contributed by atoms with van der Waals surface area (Å²) in [6, 6.07) is 10.7. The second-order valence-electron chi connectivity index (χ2n) is 5.29. The lowest BCUT2D eigenvalue weighted by Crippen LogP contribution is -2.27. The molecule has 0 heterocycles. The van der Waals surface area contributed by atoms with E-state index in [9.17, 15) is 8.42 Å². The van der Waals surface area contributed by atoms with Gasteiger partial charge in [-0.15, -0.1) is 0 Å². The molecule has 0 bridgehead atoms. The van der Waals surface area contributed by atoms with Gasteiger partial charge in [0.25, 0.3) is 10.0 Å². The lowest BCUT2D eigenvalue weighted by atomic mass is 10.1. The van der Waals surface area contributed by atoms with E-state index in [1.165, 1.54) is 4.31 Å². The number of anilines is 2. The van der Waals surface area contributed by atoms with E-state index in [-0.39, 0.29) is 10.6 Å². The molecular weight excluding hydrogens is 284 g/mol. The third-order valence-corrected chi connectivity index (χ3v) is 5.47. The Morgan fingerprint density at radius 3 is 2.24 bits per heavy atom. The molecule has 2 rings (SSSR count). The number of hydrogen-bond acceptors (Lipinski definition) is 3. The van der Waals surface area contributed by atoms with Gasteiger partial charge in [-0.1, -0.05) is 12.1 Å². The van der Waals surface area contributed by atoms with Gasteiger partial charge in [-0.3, -0.25) is 4.31 Å². The van der Waals surface area contributed by atoms with Crippen LogP contribution >= 0.6 is 0 Å². The van der Waals surface area contributed by atoms with Crippen LogP contribution < -0.4 is 10.0 Å². The van der Waals surface area contributed by atoms with Crippen LogP contribution in [0.4, 0.5) is 11.4 Å². The van der Waals surface area contributed by atoms with Crippen molar-refractivity contribution < 1.29 is 8.42 Å². The Morgan fingerprint density at radius 2 is 1.62 bits per heavy atom. The predicted molar refractivity (Wildman–Crippen MR) is 87.1 cm³/mol. The fourth-order valence-corrected chi connectivity index (χ4v) is 3.51. The smallest absolute Gasteiger partial charge is 0.266 e. The summed E-state index contributed by atoms with van der Waals surface area (Å²) in [5, 5.41) is 0. The van der Waals surface area contributed by atoms with Crippen molar-refractivity contribution in [1.29, 1.82) is 0 Å². The molecular formula is C16H20N2O2S. The van der Waals surface area contributed by atoms with Crippen molar-refractivity contribution in [3.63, 3.8) is 0 Å². The minimum absolute atomic E-state index is 0.148. The molecule has 0 saturated carbocycles. The number of nitrogens with zero attached hydrogens (tertiary/aromatic N) is 1. The Morgan fingerprint density at radius 1 is 1.00 bits per heavy atom. The number of sulfonamides is 1. The number of nitrogen functional groups attached to an aromatic ring is 1. The lowest BCUT2D eigenvalue weighted by molar-refractivity contribution is 0.594. The molecule has 0 spiro atoms. The zero-order valence-electron chi connectivity index (χ0n) is 12.7. The molecule has 0 radical (unpaired) electrons. The first-order valence-corrected chi connectivity index (χ1v) is 8.10. The standard InChI is InChI=1S/C16H20N2O2S/c1-11-6-5-7-14(8-11)18(4)21(19,20)16-10-13(3)12(2)9-15(16)17/h5-10H,17H2,1-4H3. The zero-order chi connectivity index (χ0) is 15.8. The normalized spacial score (nSPS) is 11.4. The number of rotatable bonds is 3. The van der Waals surface area contributed by atoms with Crippen LogP contribution in [0.2, 0.25) is 0 Å². The molecule has 0 amide bonds. The lowest BCUT2D eigenvalue weighted by Gasteiger charge is -2.21.